The molecule has 4 N–H and O–H groups in total. The van der Waals surface area contributed by atoms with E-state index < -0.39 is 54.2 Å². The highest BCUT2D eigenvalue weighted by Crippen LogP contribution is 2.31. The van der Waals surface area contributed by atoms with Crippen LogP contribution in [0.4, 0.5) is 0 Å². The van der Waals surface area contributed by atoms with E-state index in [9.17, 15) is 24.3 Å². The van der Waals surface area contributed by atoms with Gasteiger partial charge in [-0.2, -0.15) is 0 Å². The molecule has 0 aliphatic heterocycles. The summed E-state index contributed by atoms with van der Waals surface area (Å²) >= 11 is 0. The Labute approximate surface area is 120 Å². The van der Waals surface area contributed by atoms with Crippen LogP contribution in [0.1, 0.15) is 26.7 Å². The molecule has 0 amide bonds. The predicted molar refractivity (Wildman–Crippen MR) is 66.4 cm³/mol. The summed E-state index contributed by atoms with van der Waals surface area (Å²) in [5, 5.41) is 36.8. The lowest BCUT2D eigenvalue weighted by atomic mass is 9.75. The highest BCUT2D eigenvalue weighted by atomic mass is 16.5. The molecule has 0 saturated heterocycles. The maximum atomic E-state index is 11.3. The predicted octanol–water partition coefficient (Wildman–Crippen LogP) is -0.433. The molecule has 0 bridgehead atoms. The van der Waals surface area contributed by atoms with Crippen molar-refractivity contribution in [1.29, 1.82) is 0 Å². The molecule has 0 fully saturated rings. The van der Waals surface area contributed by atoms with Crippen LogP contribution in [0.25, 0.3) is 0 Å². The first-order valence-corrected chi connectivity index (χ1v) is 6.12. The molecule has 0 heterocycles. The highest BCUT2D eigenvalue weighted by Gasteiger charge is 2.52. The number of rotatable bonds is 9. The van der Waals surface area contributed by atoms with Crippen molar-refractivity contribution in [2.75, 3.05) is 6.61 Å². The van der Waals surface area contributed by atoms with Crippen molar-refractivity contribution in [3.05, 3.63) is 0 Å². The van der Waals surface area contributed by atoms with Crippen LogP contribution in [0.2, 0.25) is 0 Å². The Balaban J connectivity index is 5.42. The Morgan fingerprint density at radius 2 is 1.67 bits per heavy atom. The van der Waals surface area contributed by atoms with E-state index in [1.807, 2.05) is 0 Å². The molecule has 0 aromatic heterocycles. The van der Waals surface area contributed by atoms with E-state index in [0.717, 1.165) is 0 Å². The van der Waals surface area contributed by atoms with Gasteiger partial charge in [0.2, 0.25) is 0 Å². The minimum Gasteiger partial charge on any atom is -0.481 e. The number of aliphatic hydroxyl groups is 1. The van der Waals surface area contributed by atoms with Crippen LogP contribution in [0.3, 0.4) is 0 Å². The number of carbonyl (C=O) groups excluding carboxylic acids is 1. The molecule has 0 aliphatic rings. The van der Waals surface area contributed by atoms with Crippen molar-refractivity contribution in [1.82, 2.24) is 0 Å². The Morgan fingerprint density at radius 1 is 1.14 bits per heavy atom. The van der Waals surface area contributed by atoms with E-state index in [1.165, 1.54) is 13.8 Å². The Hall–Kier alpha value is -2.16. The maximum absolute atomic E-state index is 11.3. The van der Waals surface area contributed by atoms with Gasteiger partial charge in [-0.05, 0) is 12.8 Å². The Morgan fingerprint density at radius 3 is 2.00 bits per heavy atom. The van der Waals surface area contributed by atoms with Crippen LogP contribution in [0.15, 0.2) is 0 Å². The maximum Gasteiger partial charge on any atom is 0.337 e. The lowest BCUT2D eigenvalue weighted by Gasteiger charge is -2.32. The normalized spacial score (nSPS) is 16.3. The van der Waals surface area contributed by atoms with E-state index in [0.29, 0.717) is 0 Å². The summed E-state index contributed by atoms with van der Waals surface area (Å²) in [5.41, 5.74) is -3.02. The molecule has 0 aliphatic carbocycles. The standard InChI is InChI=1S/C12H18O9/c1-3-21-8(15)4-6(2)9(10(16)17)12(20,11(18)19)5-7(13)14/h6,9,20H,3-5H2,1-2H3,(H,13,14)(H,16,17)(H,18,19). The van der Waals surface area contributed by atoms with Crippen LogP contribution in [-0.4, -0.2) is 56.5 Å². The average Bonchev–Trinajstić information content (AvgIpc) is 2.26. The number of carbonyl (C=O) groups is 4. The summed E-state index contributed by atoms with van der Waals surface area (Å²) in [5.74, 6) is -9.24. The van der Waals surface area contributed by atoms with Crippen molar-refractivity contribution in [3.8, 4) is 0 Å². The highest BCUT2D eigenvalue weighted by molar-refractivity contribution is 5.90. The zero-order valence-corrected chi connectivity index (χ0v) is 11.6. The van der Waals surface area contributed by atoms with E-state index in [-0.39, 0.29) is 6.61 Å². The fourth-order valence-corrected chi connectivity index (χ4v) is 2.07. The molecule has 0 aromatic carbocycles. The molecule has 0 saturated carbocycles. The minimum atomic E-state index is -3.02. The second-order valence-electron chi connectivity index (χ2n) is 4.60. The molecule has 0 radical (unpaired) electrons. The van der Waals surface area contributed by atoms with Crippen LogP contribution < -0.4 is 0 Å². The number of hydrogen-bond donors (Lipinski definition) is 4. The zero-order valence-electron chi connectivity index (χ0n) is 11.6. The van der Waals surface area contributed by atoms with E-state index >= 15 is 0 Å². The molecule has 3 atom stereocenters. The summed E-state index contributed by atoms with van der Waals surface area (Å²) in [4.78, 5) is 44.4. The van der Waals surface area contributed by atoms with Gasteiger partial charge < -0.3 is 25.2 Å². The van der Waals surface area contributed by atoms with Gasteiger partial charge in [-0.25, -0.2) is 4.79 Å². The van der Waals surface area contributed by atoms with Gasteiger partial charge in [0, 0.05) is 6.42 Å². The SMILES string of the molecule is CCOC(=O)CC(C)C(C(=O)O)C(O)(CC(=O)O)C(=O)O. The van der Waals surface area contributed by atoms with E-state index in [1.54, 1.807) is 0 Å². The van der Waals surface area contributed by atoms with Crippen molar-refractivity contribution >= 4 is 23.9 Å². The molecule has 9 nitrogen and oxygen atoms in total. The van der Waals surface area contributed by atoms with Crippen LogP contribution in [-0.2, 0) is 23.9 Å². The third-order valence-electron chi connectivity index (χ3n) is 2.93. The smallest absolute Gasteiger partial charge is 0.337 e. The molecule has 0 rings (SSSR count). The fourth-order valence-electron chi connectivity index (χ4n) is 2.07. The topological polar surface area (TPSA) is 158 Å². The number of carboxylic acids is 3. The number of esters is 1. The molecule has 21 heavy (non-hydrogen) atoms. The van der Waals surface area contributed by atoms with Crippen LogP contribution >= 0.6 is 0 Å². The number of aliphatic carboxylic acids is 3. The van der Waals surface area contributed by atoms with Gasteiger partial charge in [-0.1, -0.05) is 6.92 Å². The summed E-state index contributed by atoms with van der Waals surface area (Å²) in [7, 11) is 0. The quantitative estimate of drug-likeness (QED) is 0.414. The Bertz CT molecular complexity index is 430. The number of carboxylic acid groups (broad SMARTS) is 3. The largest absolute Gasteiger partial charge is 0.481 e. The third-order valence-corrected chi connectivity index (χ3v) is 2.93. The second-order valence-corrected chi connectivity index (χ2v) is 4.60. The van der Waals surface area contributed by atoms with Gasteiger partial charge in [-0.15, -0.1) is 0 Å². The minimum absolute atomic E-state index is 0.0572. The van der Waals surface area contributed by atoms with Gasteiger partial charge in [0.05, 0.1) is 18.9 Å². The van der Waals surface area contributed by atoms with Crippen molar-refractivity contribution in [3.63, 3.8) is 0 Å². The van der Waals surface area contributed by atoms with Crippen molar-refractivity contribution in [2.45, 2.75) is 32.3 Å². The van der Waals surface area contributed by atoms with E-state index in [2.05, 4.69) is 4.74 Å². The van der Waals surface area contributed by atoms with Gasteiger partial charge >= 0.3 is 23.9 Å². The summed E-state index contributed by atoms with van der Waals surface area (Å²) in [6.07, 6.45) is -1.76. The van der Waals surface area contributed by atoms with Crippen molar-refractivity contribution in [2.24, 2.45) is 11.8 Å². The molecular weight excluding hydrogens is 288 g/mol. The molecule has 9 heteroatoms. The van der Waals surface area contributed by atoms with Gasteiger partial charge in [-0.3, -0.25) is 14.4 Å². The van der Waals surface area contributed by atoms with Gasteiger partial charge in [0.25, 0.3) is 0 Å². The molecule has 3 unspecified atom stereocenters. The first kappa shape index (κ1) is 18.8. The first-order valence-electron chi connectivity index (χ1n) is 6.12. The van der Waals surface area contributed by atoms with E-state index in [4.69, 9.17) is 15.3 Å². The molecule has 120 valence electrons. The monoisotopic (exact) mass is 306 g/mol. The van der Waals surface area contributed by atoms with Crippen molar-refractivity contribution < 1.29 is 44.3 Å². The van der Waals surface area contributed by atoms with Gasteiger partial charge in [0.15, 0.2) is 5.60 Å². The summed E-state index contributed by atoms with van der Waals surface area (Å²) in [6, 6.07) is 0. The van der Waals surface area contributed by atoms with Gasteiger partial charge in [0.1, 0.15) is 0 Å². The lowest BCUT2D eigenvalue weighted by Crippen LogP contribution is -2.53. The second kappa shape index (κ2) is 7.58. The lowest BCUT2D eigenvalue weighted by molar-refractivity contribution is -0.183. The molecular formula is C12H18O9. The number of ether oxygens (including phenoxy) is 1. The fraction of sp³-hybridized carbons (Fsp3) is 0.667. The molecule has 0 spiro atoms. The number of hydrogen-bond acceptors (Lipinski definition) is 6. The molecule has 0 aromatic rings. The van der Waals surface area contributed by atoms with Crippen LogP contribution in [0, 0.1) is 11.8 Å². The summed E-state index contributed by atoms with van der Waals surface area (Å²) < 4.78 is 4.62. The average molecular weight is 306 g/mol. The summed E-state index contributed by atoms with van der Waals surface area (Å²) in [6.45, 7) is 2.82. The Kier molecular flexibility index (Phi) is 6.80. The first-order chi connectivity index (χ1) is 9.56. The third kappa shape index (κ3) is 5.03. The zero-order chi connectivity index (χ0) is 16.8. The van der Waals surface area contributed by atoms with Crippen LogP contribution in [0.5, 0.6) is 0 Å².